The summed E-state index contributed by atoms with van der Waals surface area (Å²) in [7, 11) is 0. The lowest BCUT2D eigenvalue weighted by Crippen LogP contribution is -2.47. The molecule has 0 aromatic carbocycles. The average Bonchev–Trinajstić information content (AvgIpc) is 2.69. The second-order valence-corrected chi connectivity index (χ2v) is 9.29. The lowest BCUT2D eigenvalue weighted by Gasteiger charge is -2.35. The number of allylic oxidation sites excluding steroid dienone is 2. The molecule has 3 aliphatic carbocycles. The summed E-state index contributed by atoms with van der Waals surface area (Å²) in [4.78, 5) is -2.50. The van der Waals surface area contributed by atoms with Crippen molar-refractivity contribution in [3.05, 3.63) is 10.1 Å². The molecule has 0 N–H and O–H groups in total. The van der Waals surface area contributed by atoms with Gasteiger partial charge in [0, 0.05) is 5.92 Å². The van der Waals surface area contributed by atoms with Gasteiger partial charge in [0.05, 0.1) is 20.8 Å². The van der Waals surface area contributed by atoms with E-state index in [4.69, 9.17) is 92.8 Å². The van der Waals surface area contributed by atoms with Crippen LogP contribution in [0.25, 0.3) is 0 Å². The number of hydrogen-bond donors (Lipinski definition) is 0. The van der Waals surface area contributed by atoms with Crippen molar-refractivity contribution in [3.63, 3.8) is 0 Å². The molecule has 0 nitrogen and oxygen atoms in total. The molecule has 3 rings (SSSR count). The smallest absolute Gasteiger partial charge is 0.121 e. The second-order valence-electron chi connectivity index (χ2n) is 4.95. The molecule has 0 amide bonds. The Labute approximate surface area is 145 Å². The fourth-order valence-corrected chi connectivity index (χ4v) is 7.46. The Balaban J connectivity index is 2.26. The largest absolute Gasteiger partial charge is 0.166 e. The van der Waals surface area contributed by atoms with E-state index in [0.29, 0.717) is 6.42 Å². The molecular weight excluding hydrogens is 404 g/mol. The highest BCUT2D eigenvalue weighted by molar-refractivity contribution is 6.66. The molecule has 3 aliphatic rings. The van der Waals surface area contributed by atoms with Crippen molar-refractivity contribution < 1.29 is 0 Å². The Morgan fingerprint density at radius 3 is 1.94 bits per heavy atom. The Kier molecular flexibility index (Phi) is 3.39. The third kappa shape index (κ3) is 1.28. The maximum absolute atomic E-state index is 6.62. The van der Waals surface area contributed by atoms with Gasteiger partial charge < -0.3 is 0 Å². The molecule has 2 fully saturated rings. The fourth-order valence-electron chi connectivity index (χ4n) is 3.48. The van der Waals surface area contributed by atoms with E-state index in [1.807, 2.05) is 0 Å². The first-order valence-corrected chi connectivity index (χ1v) is 8.35. The van der Waals surface area contributed by atoms with Gasteiger partial charge in [-0.15, -0.1) is 46.4 Å². The van der Waals surface area contributed by atoms with E-state index in [-0.39, 0.29) is 27.3 Å². The summed E-state index contributed by atoms with van der Waals surface area (Å²) in [6.45, 7) is 0. The summed E-state index contributed by atoms with van der Waals surface area (Å²) in [5.41, 5.74) is 0. The first kappa shape index (κ1) is 15.0. The van der Waals surface area contributed by atoms with Crippen LogP contribution in [0.5, 0.6) is 0 Å². The molecule has 0 unspecified atom stereocenters. The van der Waals surface area contributed by atoms with E-state index in [1.165, 1.54) is 0 Å². The Hall–Kier alpha value is 2.06. The van der Waals surface area contributed by atoms with Gasteiger partial charge in [0.15, 0.2) is 4.33 Å². The quantitative estimate of drug-likeness (QED) is 0.451. The summed E-state index contributed by atoms with van der Waals surface area (Å²) in [6.07, 6.45) is 0.555. The minimum absolute atomic E-state index is 0.184. The average molecular weight is 410 g/mol. The lowest BCUT2D eigenvalue weighted by atomic mass is 9.84. The van der Waals surface area contributed by atoms with Crippen LogP contribution in [0.1, 0.15) is 6.42 Å². The lowest BCUT2D eigenvalue weighted by molar-refractivity contribution is 0.385. The predicted molar refractivity (Wildman–Crippen MR) is 81.2 cm³/mol. The van der Waals surface area contributed by atoms with Crippen LogP contribution in [-0.2, 0) is 0 Å². The van der Waals surface area contributed by atoms with Crippen LogP contribution in [0.2, 0.25) is 0 Å². The highest BCUT2D eigenvalue weighted by Crippen LogP contribution is 2.79. The first-order valence-electron chi connectivity index (χ1n) is 5.21. The summed E-state index contributed by atoms with van der Waals surface area (Å²) in [5, 5.41) is -0.259. The molecule has 0 spiro atoms. The van der Waals surface area contributed by atoms with Crippen LogP contribution in [0.15, 0.2) is 10.1 Å². The van der Waals surface area contributed by atoms with Gasteiger partial charge in [-0.05, 0) is 12.3 Å². The summed E-state index contributed by atoms with van der Waals surface area (Å²) >= 11 is 51.0. The Morgan fingerprint density at radius 1 is 0.889 bits per heavy atom. The third-order valence-corrected chi connectivity index (χ3v) is 9.79. The molecule has 0 saturated heterocycles. The number of hydrogen-bond acceptors (Lipinski definition) is 0. The van der Waals surface area contributed by atoms with E-state index < -0.39 is 19.5 Å². The number of halogens is 8. The fraction of sp³-hybridized carbons (Fsp3) is 0.800. The molecule has 102 valence electrons. The third-order valence-electron chi connectivity index (χ3n) is 4.32. The summed E-state index contributed by atoms with van der Waals surface area (Å²) in [6, 6.07) is 0. The van der Waals surface area contributed by atoms with Crippen LogP contribution < -0.4 is 0 Å². The van der Waals surface area contributed by atoms with Crippen LogP contribution in [0.4, 0.5) is 0 Å². The van der Waals surface area contributed by atoms with Gasteiger partial charge in [0.1, 0.15) is 9.75 Å². The van der Waals surface area contributed by atoms with Crippen LogP contribution in [-0.4, -0.2) is 24.8 Å². The minimum Gasteiger partial charge on any atom is -0.121 e. The molecule has 0 aromatic rings. The molecule has 0 aliphatic heterocycles. The minimum atomic E-state index is -1.50. The highest BCUT2D eigenvalue weighted by Gasteiger charge is 2.84. The van der Waals surface area contributed by atoms with Gasteiger partial charge in [-0.1, -0.05) is 46.4 Å². The molecule has 0 aromatic heterocycles. The number of alkyl halides is 6. The van der Waals surface area contributed by atoms with Crippen molar-refractivity contribution in [1.29, 1.82) is 0 Å². The summed E-state index contributed by atoms with van der Waals surface area (Å²) in [5.74, 6) is -0.488. The van der Waals surface area contributed by atoms with Gasteiger partial charge in [-0.2, -0.15) is 0 Å². The van der Waals surface area contributed by atoms with Crippen molar-refractivity contribution in [2.45, 2.75) is 31.3 Å². The van der Waals surface area contributed by atoms with E-state index in [2.05, 4.69) is 0 Å². The van der Waals surface area contributed by atoms with Crippen LogP contribution >= 0.6 is 92.8 Å². The Morgan fingerprint density at radius 2 is 1.39 bits per heavy atom. The molecule has 2 bridgehead atoms. The monoisotopic (exact) mass is 406 g/mol. The molecule has 6 atom stereocenters. The summed E-state index contributed by atoms with van der Waals surface area (Å²) < 4.78 is -1.50. The SMILES string of the molecule is ClC1=C(Cl)[C@@]2(Cl)[C@@H]3C[C@H](Cl)[C@@H](Cl)[C@H]3[C@@]1(Cl)C2(Cl)Cl. The van der Waals surface area contributed by atoms with Gasteiger partial charge in [0.25, 0.3) is 0 Å². The molecule has 8 heteroatoms. The topological polar surface area (TPSA) is 0 Å². The molecule has 2 saturated carbocycles. The molecule has 18 heavy (non-hydrogen) atoms. The maximum Gasteiger partial charge on any atom is 0.166 e. The van der Waals surface area contributed by atoms with E-state index in [0.717, 1.165) is 0 Å². The standard InChI is InChI=1S/C10H6Cl8/c11-3-1-2-4(5(3)12)9(16)7(14)6(13)8(2,15)10(9,17)18/h2-5H,1H2/t2-,3+,4+,5-,8+,9+/m1/s1. The zero-order valence-electron chi connectivity index (χ0n) is 8.54. The van der Waals surface area contributed by atoms with Gasteiger partial charge in [-0.3, -0.25) is 0 Å². The molecular formula is C10H6Cl8. The number of fused-ring (bicyclic) bond motifs is 5. The van der Waals surface area contributed by atoms with Gasteiger partial charge in [-0.25, -0.2) is 0 Å². The van der Waals surface area contributed by atoms with Gasteiger partial charge >= 0.3 is 0 Å². The van der Waals surface area contributed by atoms with Crippen molar-refractivity contribution >= 4 is 92.8 Å². The maximum atomic E-state index is 6.62. The Bertz CT molecular complexity index is 459. The molecule has 0 radical (unpaired) electrons. The van der Waals surface area contributed by atoms with Crippen molar-refractivity contribution in [2.75, 3.05) is 0 Å². The van der Waals surface area contributed by atoms with E-state index in [1.54, 1.807) is 0 Å². The van der Waals surface area contributed by atoms with Crippen molar-refractivity contribution in [1.82, 2.24) is 0 Å². The number of rotatable bonds is 0. The van der Waals surface area contributed by atoms with Crippen molar-refractivity contribution in [2.24, 2.45) is 11.8 Å². The second kappa shape index (κ2) is 4.07. The highest BCUT2D eigenvalue weighted by atomic mass is 35.5. The normalized spacial score (nSPS) is 57.3. The zero-order valence-corrected chi connectivity index (χ0v) is 14.6. The molecule has 0 heterocycles. The van der Waals surface area contributed by atoms with Crippen molar-refractivity contribution in [3.8, 4) is 0 Å². The van der Waals surface area contributed by atoms with E-state index >= 15 is 0 Å². The first-order chi connectivity index (χ1) is 8.11. The van der Waals surface area contributed by atoms with E-state index in [9.17, 15) is 0 Å². The zero-order chi connectivity index (χ0) is 13.7. The predicted octanol–water partition coefficient (Wildman–Crippen LogP) is 5.68. The van der Waals surface area contributed by atoms with Gasteiger partial charge in [0.2, 0.25) is 0 Å². The van der Waals surface area contributed by atoms with Crippen LogP contribution in [0.3, 0.4) is 0 Å². The van der Waals surface area contributed by atoms with Crippen LogP contribution in [0, 0.1) is 11.8 Å².